The molecule has 1 aliphatic heterocycles. The molecule has 1 aromatic heterocycles. The average molecular weight is 365 g/mol. The summed E-state index contributed by atoms with van der Waals surface area (Å²) in [7, 11) is 0. The zero-order valence-electron chi connectivity index (χ0n) is 14.2. The fraction of sp³-hybridized carbons (Fsp3) is 0.556. The minimum absolute atomic E-state index is 0.0137. The Labute approximate surface area is 153 Å². The Hall–Kier alpha value is -1.63. The minimum Gasteiger partial charge on any atom is -0.362 e. The van der Waals surface area contributed by atoms with E-state index in [9.17, 15) is 4.79 Å². The van der Waals surface area contributed by atoms with Crippen molar-refractivity contribution in [2.75, 3.05) is 18.4 Å². The van der Waals surface area contributed by atoms with Crippen molar-refractivity contribution in [2.24, 2.45) is 5.92 Å². The van der Waals surface area contributed by atoms with Crippen molar-refractivity contribution in [1.82, 2.24) is 15.8 Å². The van der Waals surface area contributed by atoms with Gasteiger partial charge >= 0.3 is 0 Å². The third kappa shape index (κ3) is 4.71. The largest absolute Gasteiger partial charge is 0.362 e. The highest BCUT2D eigenvalue weighted by atomic mass is 35.5. The summed E-state index contributed by atoms with van der Waals surface area (Å²) in [6.45, 7) is 1.94. The second kappa shape index (κ2) is 8.17. The van der Waals surface area contributed by atoms with Gasteiger partial charge in [0.05, 0.1) is 10.6 Å². The third-order valence-electron chi connectivity index (χ3n) is 5.18. The van der Waals surface area contributed by atoms with Gasteiger partial charge in [-0.05, 0) is 43.0 Å². The number of carbonyl (C=O) groups excluding carboxylic acids is 1. The van der Waals surface area contributed by atoms with E-state index < -0.39 is 5.91 Å². The van der Waals surface area contributed by atoms with Crippen LogP contribution in [0.3, 0.4) is 0 Å². The number of halogens is 1. The maximum absolute atomic E-state index is 11.1. The monoisotopic (exact) mass is 364 g/mol. The normalized spacial score (nSPS) is 24.1. The molecule has 7 heteroatoms. The van der Waals surface area contributed by atoms with Crippen LogP contribution in [0.25, 0.3) is 6.08 Å². The molecule has 6 nitrogen and oxygen atoms in total. The van der Waals surface area contributed by atoms with Crippen molar-refractivity contribution in [1.29, 1.82) is 0 Å². The van der Waals surface area contributed by atoms with Gasteiger partial charge in [-0.25, -0.2) is 10.5 Å². The zero-order valence-corrected chi connectivity index (χ0v) is 15.0. The van der Waals surface area contributed by atoms with Crippen molar-refractivity contribution in [2.45, 2.75) is 44.1 Å². The van der Waals surface area contributed by atoms with Gasteiger partial charge in [-0.15, -0.1) is 0 Å². The fourth-order valence-electron chi connectivity index (χ4n) is 3.94. The summed E-state index contributed by atoms with van der Waals surface area (Å²) >= 11 is 6.41. The summed E-state index contributed by atoms with van der Waals surface area (Å²) in [5.41, 5.74) is 2.27. The van der Waals surface area contributed by atoms with E-state index in [4.69, 9.17) is 16.8 Å². The first-order valence-electron chi connectivity index (χ1n) is 8.87. The quantitative estimate of drug-likeness (QED) is 0.354. The highest BCUT2D eigenvalue weighted by molar-refractivity contribution is 6.33. The molecule has 136 valence electrons. The Bertz CT molecular complexity index is 638. The van der Waals surface area contributed by atoms with E-state index in [0.717, 1.165) is 31.8 Å². The van der Waals surface area contributed by atoms with Crippen LogP contribution in [0.4, 0.5) is 5.82 Å². The number of nitrogens with zero attached hydrogens (tertiary/aromatic N) is 1. The van der Waals surface area contributed by atoms with Crippen LogP contribution in [0.15, 0.2) is 18.3 Å². The number of aromatic nitrogens is 1. The highest BCUT2D eigenvalue weighted by Gasteiger charge is 2.37. The molecule has 2 fully saturated rings. The van der Waals surface area contributed by atoms with Crippen LogP contribution in [0.5, 0.6) is 0 Å². The van der Waals surface area contributed by atoms with E-state index in [-0.39, 0.29) is 5.54 Å². The lowest BCUT2D eigenvalue weighted by Crippen LogP contribution is -2.42. The predicted octanol–water partition coefficient (Wildman–Crippen LogP) is 2.98. The third-order valence-corrected chi connectivity index (χ3v) is 5.47. The molecule has 1 atom stereocenters. The number of anilines is 1. The Morgan fingerprint density at radius 1 is 1.48 bits per heavy atom. The number of nitrogens with one attached hydrogen (secondary N) is 3. The van der Waals surface area contributed by atoms with Gasteiger partial charge in [0.15, 0.2) is 0 Å². The molecule has 2 heterocycles. The topological polar surface area (TPSA) is 86.3 Å². The van der Waals surface area contributed by atoms with Crippen molar-refractivity contribution in [3.05, 3.63) is 28.9 Å². The number of amides is 1. The van der Waals surface area contributed by atoms with Gasteiger partial charge in [-0.2, -0.15) is 0 Å². The molecule has 0 radical (unpaired) electrons. The summed E-state index contributed by atoms with van der Waals surface area (Å²) in [5, 5.41) is 16.1. The van der Waals surface area contributed by atoms with Gasteiger partial charge < -0.3 is 10.6 Å². The summed E-state index contributed by atoms with van der Waals surface area (Å²) < 4.78 is 0. The lowest BCUT2D eigenvalue weighted by atomic mass is 9.85. The van der Waals surface area contributed by atoms with Crippen molar-refractivity contribution < 1.29 is 10.0 Å². The zero-order chi connectivity index (χ0) is 17.7. The lowest BCUT2D eigenvalue weighted by Gasteiger charge is -2.33. The number of hydroxylamine groups is 1. The molecule has 1 amide bonds. The second-order valence-electron chi connectivity index (χ2n) is 7.10. The van der Waals surface area contributed by atoms with E-state index in [1.54, 1.807) is 23.8 Å². The van der Waals surface area contributed by atoms with Gasteiger partial charge in [0.1, 0.15) is 5.82 Å². The standard InChI is InChI=1S/C18H25ClN4O2/c19-15-9-14(5-6-16(24)23-25)11-21-17(15)22-18(7-8-20-12-18)10-13-3-1-2-4-13/h5-6,9,11,13,20,25H,1-4,7-8,10,12H2,(H,21,22)(H,23,24)/b6-5+/t18-/m0/s1. The minimum atomic E-state index is -0.592. The van der Waals surface area contributed by atoms with Gasteiger partial charge in [-0.3, -0.25) is 10.0 Å². The lowest BCUT2D eigenvalue weighted by molar-refractivity contribution is -0.124. The maximum Gasteiger partial charge on any atom is 0.267 e. The van der Waals surface area contributed by atoms with Crippen LogP contribution >= 0.6 is 11.6 Å². The van der Waals surface area contributed by atoms with Crippen LogP contribution in [0.1, 0.15) is 44.1 Å². The first-order valence-corrected chi connectivity index (χ1v) is 9.25. The van der Waals surface area contributed by atoms with E-state index in [0.29, 0.717) is 16.4 Å². The fourth-order valence-corrected chi connectivity index (χ4v) is 4.16. The van der Waals surface area contributed by atoms with Gasteiger partial charge in [0.25, 0.3) is 5.91 Å². The molecule has 0 bridgehead atoms. The number of pyridine rings is 1. The van der Waals surface area contributed by atoms with E-state index in [1.807, 2.05) is 0 Å². The van der Waals surface area contributed by atoms with Crippen LogP contribution in [-0.4, -0.2) is 34.7 Å². The highest BCUT2D eigenvalue weighted by Crippen LogP contribution is 2.37. The molecule has 0 spiro atoms. The van der Waals surface area contributed by atoms with Crippen LogP contribution in [0.2, 0.25) is 5.02 Å². The Morgan fingerprint density at radius 3 is 2.92 bits per heavy atom. The molecule has 1 saturated carbocycles. The molecule has 1 saturated heterocycles. The van der Waals surface area contributed by atoms with Gasteiger partial charge in [0, 0.05) is 18.8 Å². The molecule has 1 aliphatic carbocycles. The molecular weight excluding hydrogens is 340 g/mol. The van der Waals surface area contributed by atoms with E-state index in [1.165, 1.54) is 31.8 Å². The SMILES string of the molecule is O=C(/C=C/c1cnc(N[C@]2(CC3CCCC3)CCNC2)c(Cl)c1)NO. The summed E-state index contributed by atoms with van der Waals surface area (Å²) in [5.74, 6) is 0.878. The van der Waals surface area contributed by atoms with Crippen LogP contribution in [0, 0.1) is 5.92 Å². The number of hydrogen-bond donors (Lipinski definition) is 4. The molecule has 3 rings (SSSR count). The van der Waals surface area contributed by atoms with Crippen molar-refractivity contribution >= 4 is 29.4 Å². The van der Waals surface area contributed by atoms with E-state index >= 15 is 0 Å². The maximum atomic E-state index is 11.1. The average Bonchev–Trinajstić information content (AvgIpc) is 3.28. The van der Waals surface area contributed by atoms with Crippen LogP contribution < -0.4 is 16.1 Å². The summed E-state index contributed by atoms with van der Waals surface area (Å²) in [4.78, 5) is 15.5. The molecule has 25 heavy (non-hydrogen) atoms. The smallest absolute Gasteiger partial charge is 0.267 e. The first kappa shape index (κ1) is 18.2. The molecule has 1 aromatic rings. The molecule has 2 aliphatic rings. The number of rotatable bonds is 6. The Morgan fingerprint density at radius 2 is 2.28 bits per heavy atom. The van der Waals surface area contributed by atoms with Crippen LogP contribution in [-0.2, 0) is 4.79 Å². The molecule has 0 aromatic carbocycles. The second-order valence-corrected chi connectivity index (χ2v) is 7.50. The molecule has 4 N–H and O–H groups in total. The molecule has 0 unspecified atom stereocenters. The summed E-state index contributed by atoms with van der Waals surface area (Å²) in [6.07, 6.45) is 12.0. The Balaban J connectivity index is 1.71. The number of carbonyl (C=O) groups is 1. The van der Waals surface area contributed by atoms with Crippen molar-refractivity contribution in [3.63, 3.8) is 0 Å². The van der Waals surface area contributed by atoms with Gasteiger partial charge in [0.2, 0.25) is 0 Å². The van der Waals surface area contributed by atoms with E-state index in [2.05, 4.69) is 15.6 Å². The van der Waals surface area contributed by atoms with Crippen molar-refractivity contribution in [3.8, 4) is 0 Å². The Kier molecular flexibility index (Phi) is 5.93. The summed E-state index contributed by atoms with van der Waals surface area (Å²) in [6, 6.07) is 1.77. The number of hydrogen-bond acceptors (Lipinski definition) is 5. The molecular formula is C18H25ClN4O2. The predicted molar refractivity (Wildman–Crippen MR) is 98.6 cm³/mol. The van der Waals surface area contributed by atoms with Gasteiger partial charge in [-0.1, -0.05) is 37.3 Å². The first-order chi connectivity index (χ1) is 12.1.